The van der Waals surface area contributed by atoms with Crippen molar-refractivity contribution in [3.05, 3.63) is 0 Å². The second-order valence-corrected chi connectivity index (χ2v) is 5.24. The number of phosphoric acid groups is 1. The first-order valence-corrected chi connectivity index (χ1v) is 5.89. The van der Waals surface area contributed by atoms with E-state index in [-0.39, 0.29) is 76.4 Å². The third kappa shape index (κ3) is 11.8. The van der Waals surface area contributed by atoms with Gasteiger partial charge in [0.2, 0.25) is 0 Å². The van der Waals surface area contributed by atoms with Crippen LogP contribution in [0.15, 0.2) is 0 Å². The van der Waals surface area contributed by atoms with Gasteiger partial charge in [-0.25, -0.2) is 0 Å². The zero-order chi connectivity index (χ0) is 10.5. The Hall–Kier alpha value is 1.75. The predicted molar refractivity (Wildman–Crippen MR) is 49.2 cm³/mol. The van der Waals surface area contributed by atoms with Crippen molar-refractivity contribution in [3.63, 3.8) is 0 Å². The summed E-state index contributed by atoms with van der Waals surface area (Å²) in [5, 5.41) is 0. The Morgan fingerprint density at radius 3 is 1.57 bits per heavy atom. The summed E-state index contributed by atoms with van der Waals surface area (Å²) in [5.41, 5.74) is 0. The fourth-order valence-corrected chi connectivity index (χ4v) is 1.55. The molecule has 4 nitrogen and oxygen atoms in total. The molecule has 6 heteroatoms. The molecule has 0 N–H and O–H groups in total. The van der Waals surface area contributed by atoms with Crippen LogP contribution in [0.3, 0.4) is 0 Å². The Labute approximate surface area is 129 Å². The molecule has 0 aromatic rings. The van der Waals surface area contributed by atoms with Crippen LogP contribution in [-0.4, -0.2) is 13.2 Å². The van der Waals surface area contributed by atoms with Crippen LogP contribution >= 0.6 is 7.82 Å². The van der Waals surface area contributed by atoms with Gasteiger partial charge in [0.15, 0.2) is 0 Å². The van der Waals surface area contributed by atoms with Gasteiger partial charge in [-0.2, -0.15) is 0 Å². The van der Waals surface area contributed by atoms with E-state index in [0.29, 0.717) is 0 Å². The third-order valence-electron chi connectivity index (χ3n) is 1.13. The molecule has 0 heterocycles. The molecule has 0 aromatic heterocycles. The summed E-state index contributed by atoms with van der Waals surface area (Å²) in [6.07, 6.45) is 0. The molecular weight excluding hydrogens is 230 g/mol. The molecule has 0 fully saturated rings. The summed E-state index contributed by atoms with van der Waals surface area (Å²) < 4.78 is 20.3. The second-order valence-electron chi connectivity index (χ2n) is 3.83. The Balaban J connectivity index is 0. The molecule has 0 aromatic carbocycles. The van der Waals surface area contributed by atoms with E-state index in [4.69, 9.17) is 0 Å². The molecule has 0 unspecified atom stereocenters. The van der Waals surface area contributed by atoms with Crippen LogP contribution in [0, 0.1) is 11.8 Å². The molecule has 14 heavy (non-hydrogen) atoms. The number of phosphoric ester groups is 1. The molecule has 0 radical (unpaired) electrons. The topological polar surface area (TPSA) is 58.6 Å². The van der Waals surface area contributed by atoms with E-state index in [0.717, 1.165) is 0 Å². The minimum atomic E-state index is -4.05. The Kier molecular flexibility index (Phi) is 11.5. The van der Waals surface area contributed by atoms with Gasteiger partial charge < -0.3 is 13.9 Å². The maximum Gasteiger partial charge on any atom is 1.00 e. The molecule has 0 bridgehead atoms. The molecule has 0 amide bonds. The fourth-order valence-electron chi connectivity index (χ4n) is 0.518. The summed E-state index contributed by atoms with van der Waals surface area (Å²) in [6, 6.07) is 0. The monoisotopic (exact) mass is 248 g/mol. The van der Waals surface area contributed by atoms with Crippen molar-refractivity contribution in [2.24, 2.45) is 11.8 Å². The molecule has 0 rings (SSSR count). The van der Waals surface area contributed by atoms with E-state index in [1.54, 1.807) is 0 Å². The first-order chi connectivity index (χ1) is 5.83. The predicted octanol–water partition coefficient (Wildman–Crippen LogP) is -1.20. The zero-order valence-corrected chi connectivity index (χ0v) is 13.7. The molecule has 80 valence electrons. The van der Waals surface area contributed by atoms with E-state index in [9.17, 15) is 9.46 Å². The van der Waals surface area contributed by atoms with Crippen LogP contribution < -0.4 is 56.3 Å². The SMILES string of the molecule is CC(C)COP(=O)([O-])OCC(C)C.[K+]. The van der Waals surface area contributed by atoms with E-state index in [1.165, 1.54) is 0 Å². The largest absolute Gasteiger partial charge is 1.00 e. The molecule has 0 saturated carbocycles. The van der Waals surface area contributed by atoms with Crippen LogP contribution in [0.4, 0.5) is 0 Å². The normalized spacial score (nSPS) is 11.9. The summed E-state index contributed by atoms with van der Waals surface area (Å²) in [7, 11) is -4.05. The van der Waals surface area contributed by atoms with Crippen molar-refractivity contribution in [2.45, 2.75) is 27.7 Å². The summed E-state index contributed by atoms with van der Waals surface area (Å²) in [5.74, 6) is 0.370. The number of hydrogen-bond donors (Lipinski definition) is 0. The summed E-state index contributed by atoms with van der Waals surface area (Å²) in [6.45, 7) is 7.87. The van der Waals surface area contributed by atoms with Crippen LogP contribution in [0.2, 0.25) is 0 Å². The van der Waals surface area contributed by atoms with Crippen LogP contribution in [0.5, 0.6) is 0 Å². The van der Waals surface area contributed by atoms with Crippen molar-refractivity contribution in [3.8, 4) is 0 Å². The van der Waals surface area contributed by atoms with Crippen molar-refractivity contribution in [2.75, 3.05) is 13.2 Å². The van der Waals surface area contributed by atoms with E-state index >= 15 is 0 Å². The summed E-state index contributed by atoms with van der Waals surface area (Å²) >= 11 is 0. The quantitative estimate of drug-likeness (QED) is 0.438. The average molecular weight is 248 g/mol. The number of hydrogen-bond acceptors (Lipinski definition) is 4. The molecule has 0 atom stereocenters. The van der Waals surface area contributed by atoms with Gasteiger partial charge in [-0.3, -0.25) is 4.57 Å². The van der Waals surface area contributed by atoms with Gasteiger partial charge in [-0.15, -0.1) is 0 Å². The van der Waals surface area contributed by atoms with Gasteiger partial charge in [0.1, 0.15) is 0 Å². The van der Waals surface area contributed by atoms with Gasteiger partial charge in [0.25, 0.3) is 7.82 Å². The molecular formula is C8H18KO4P. The van der Waals surface area contributed by atoms with E-state index in [2.05, 4.69) is 9.05 Å². The first kappa shape index (κ1) is 18.1. The Bertz CT molecular complexity index is 168. The van der Waals surface area contributed by atoms with Crippen molar-refractivity contribution >= 4 is 7.82 Å². The molecule has 0 aliphatic carbocycles. The Morgan fingerprint density at radius 1 is 1.07 bits per heavy atom. The fraction of sp³-hybridized carbons (Fsp3) is 1.00. The minimum absolute atomic E-state index is 0. The van der Waals surface area contributed by atoms with Gasteiger partial charge >= 0.3 is 51.4 Å². The van der Waals surface area contributed by atoms with Gasteiger partial charge in [-0.1, -0.05) is 27.7 Å². The second kappa shape index (κ2) is 8.85. The van der Waals surface area contributed by atoms with Gasteiger partial charge in [0.05, 0.1) is 13.2 Å². The van der Waals surface area contributed by atoms with Crippen molar-refractivity contribution in [1.29, 1.82) is 0 Å². The van der Waals surface area contributed by atoms with Crippen molar-refractivity contribution < 1.29 is 69.9 Å². The standard InChI is InChI=1S/C8H19O4P.K/c1-7(2)5-11-13(9,10)12-6-8(3)4;/h7-8H,5-6H2,1-4H3,(H,9,10);/q;+1/p-1. The maximum atomic E-state index is 11.0. The zero-order valence-electron chi connectivity index (χ0n) is 9.65. The van der Waals surface area contributed by atoms with Gasteiger partial charge in [-0.05, 0) is 11.8 Å². The van der Waals surface area contributed by atoms with Crippen LogP contribution in [0.25, 0.3) is 0 Å². The molecule has 0 saturated heterocycles. The summed E-state index contributed by atoms with van der Waals surface area (Å²) in [4.78, 5) is 11.0. The van der Waals surface area contributed by atoms with E-state index in [1.807, 2.05) is 27.7 Å². The molecule has 0 aliphatic heterocycles. The molecule has 0 aliphatic rings. The third-order valence-corrected chi connectivity index (χ3v) is 2.06. The first-order valence-electron chi connectivity index (χ1n) is 4.43. The Morgan fingerprint density at radius 2 is 1.36 bits per heavy atom. The van der Waals surface area contributed by atoms with Crippen molar-refractivity contribution in [1.82, 2.24) is 0 Å². The minimum Gasteiger partial charge on any atom is -0.756 e. The van der Waals surface area contributed by atoms with E-state index < -0.39 is 7.82 Å². The van der Waals surface area contributed by atoms with Crippen LogP contribution in [0.1, 0.15) is 27.7 Å². The average Bonchev–Trinajstić information content (AvgIpc) is 1.98. The van der Waals surface area contributed by atoms with Gasteiger partial charge in [0, 0.05) is 0 Å². The smallest absolute Gasteiger partial charge is 0.756 e. The molecule has 0 spiro atoms. The number of rotatable bonds is 6. The van der Waals surface area contributed by atoms with Crippen LogP contribution in [-0.2, 0) is 13.6 Å². The maximum absolute atomic E-state index is 11.0.